The molecular formula is C23H28BrN3O4. The van der Waals surface area contributed by atoms with Gasteiger partial charge in [-0.05, 0) is 44.0 Å². The van der Waals surface area contributed by atoms with Crippen molar-refractivity contribution in [3.63, 3.8) is 0 Å². The number of para-hydroxylation sites is 1. The van der Waals surface area contributed by atoms with E-state index in [2.05, 4.69) is 31.9 Å². The molecule has 0 bridgehead atoms. The highest BCUT2D eigenvalue weighted by molar-refractivity contribution is 9.10. The number of amides is 3. The third kappa shape index (κ3) is 9.21. The van der Waals surface area contributed by atoms with E-state index in [4.69, 9.17) is 4.74 Å². The zero-order valence-corrected chi connectivity index (χ0v) is 19.5. The van der Waals surface area contributed by atoms with Crippen LogP contribution in [0.25, 0.3) is 0 Å². The molecule has 2 rings (SSSR count). The molecule has 0 fully saturated rings. The van der Waals surface area contributed by atoms with Crippen molar-refractivity contribution in [3.8, 4) is 0 Å². The minimum absolute atomic E-state index is 0.121. The molecule has 0 aliphatic carbocycles. The molecule has 3 amide bonds. The molecule has 0 unspecified atom stereocenters. The number of hydrogen-bond acceptors (Lipinski definition) is 4. The molecule has 8 heteroatoms. The van der Waals surface area contributed by atoms with Gasteiger partial charge >= 0.3 is 6.09 Å². The Labute approximate surface area is 191 Å². The summed E-state index contributed by atoms with van der Waals surface area (Å²) in [4.78, 5) is 36.2. The van der Waals surface area contributed by atoms with Gasteiger partial charge in [0.15, 0.2) is 0 Å². The Balaban J connectivity index is 1.82. The molecule has 0 saturated carbocycles. The molecule has 2 aromatic rings. The van der Waals surface area contributed by atoms with Gasteiger partial charge in [-0.15, -0.1) is 0 Å². The zero-order chi connectivity index (χ0) is 22.9. The summed E-state index contributed by atoms with van der Waals surface area (Å²) >= 11 is 3.45. The molecule has 2 aromatic carbocycles. The molecule has 7 nitrogen and oxygen atoms in total. The molecule has 0 aliphatic heterocycles. The van der Waals surface area contributed by atoms with Gasteiger partial charge in [0, 0.05) is 29.7 Å². The summed E-state index contributed by atoms with van der Waals surface area (Å²) in [6.45, 7) is 5.75. The van der Waals surface area contributed by atoms with Crippen LogP contribution in [0.3, 0.4) is 0 Å². The second kappa shape index (κ2) is 11.5. The van der Waals surface area contributed by atoms with Crippen LogP contribution in [0.4, 0.5) is 10.5 Å². The Bertz CT molecular complexity index is 925. The number of carbonyl (C=O) groups excluding carboxylic acids is 3. The summed E-state index contributed by atoms with van der Waals surface area (Å²) in [6, 6.07) is 14.9. The van der Waals surface area contributed by atoms with Crippen LogP contribution in [-0.4, -0.2) is 30.1 Å². The molecular weight excluding hydrogens is 462 g/mol. The zero-order valence-electron chi connectivity index (χ0n) is 18.0. The Kier molecular flexibility index (Phi) is 9.05. The summed E-state index contributed by atoms with van der Waals surface area (Å²) in [5.41, 5.74) is 1.74. The lowest BCUT2D eigenvalue weighted by Gasteiger charge is -2.19. The first-order valence-electron chi connectivity index (χ1n) is 9.99. The number of nitrogens with one attached hydrogen (secondary N) is 3. The third-order valence-electron chi connectivity index (χ3n) is 4.10. The van der Waals surface area contributed by atoms with Crippen molar-refractivity contribution in [1.29, 1.82) is 0 Å². The van der Waals surface area contributed by atoms with E-state index < -0.39 is 11.7 Å². The molecule has 0 aromatic heterocycles. The lowest BCUT2D eigenvalue weighted by molar-refractivity contribution is -0.121. The van der Waals surface area contributed by atoms with Gasteiger partial charge in [-0.2, -0.15) is 0 Å². The first-order chi connectivity index (χ1) is 14.6. The van der Waals surface area contributed by atoms with Gasteiger partial charge in [-0.3, -0.25) is 9.59 Å². The summed E-state index contributed by atoms with van der Waals surface area (Å²) in [5.74, 6) is -0.363. The van der Waals surface area contributed by atoms with Gasteiger partial charge in [0.1, 0.15) is 5.60 Å². The van der Waals surface area contributed by atoms with Gasteiger partial charge in [0.25, 0.3) is 0 Å². The van der Waals surface area contributed by atoms with E-state index in [1.807, 2.05) is 42.5 Å². The molecule has 0 radical (unpaired) electrons. The largest absolute Gasteiger partial charge is 0.444 e. The van der Waals surface area contributed by atoms with Gasteiger partial charge in [-0.25, -0.2) is 4.79 Å². The number of ether oxygens (including phenoxy) is 1. The molecule has 0 spiro atoms. The number of alkyl carbamates (subject to hydrolysis) is 1. The van der Waals surface area contributed by atoms with Gasteiger partial charge in [-0.1, -0.05) is 52.3 Å². The van der Waals surface area contributed by atoms with Crippen molar-refractivity contribution >= 4 is 39.5 Å². The molecule has 0 atom stereocenters. The van der Waals surface area contributed by atoms with Crippen LogP contribution in [0.15, 0.2) is 53.0 Å². The van der Waals surface area contributed by atoms with Gasteiger partial charge < -0.3 is 20.7 Å². The summed E-state index contributed by atoms with van der Waals surface area (Å²) < 4.78 is 6.01. The molecule has 0 heterocycles. The van der Waals surface area contributed by atoms with Crippen molar-refractivity contribution in [2.45, 2.75) is 45.8 Å². The van der Waals surface area contributed by atoms with E-state index in [-0.39, 0.29) is 37.7 Å². The highest BCUT2D eigenvalue weighted by Crippen LogP contribution is 2.19. The SMILES string of the molecule is CC(C)(C)OC(=O)NCCC(=O)NCc1ccccc1NC(=O)Cc1ccccc1Br. The van der Waals surface area contributed by atoms with Crippen LogP contribution in [0.2, 0.25) is 0 Å². The summed E-state index contributed by atoms with van der Waals surface area (Å²) in [6.07, 6.45) is -0.202. The second-order valence-corrected chi connectivity index (χ2v) is 8.78. The molecule has 3 N–H and O–H groups in total. The standard InChI is InChI=1S/C23H28BrN3O4/c1-23(2,3)31-22(30)25-13-12-20(28)26-15-17-9-5-7-11-19(17)27-21(29)14-16-8-4-6-10-18(16)24/h4-11H,12-15H2,1-3H3,(H,25,30)(H,26,28)(H,27,29). The number of benzene rings is 2. The van der Waals surface area contributed by atoms with Crippen molar-refractivity contribution in [2.75, 3.05) is 11.9 Å². The van der Waals surface area contributed by atoms with Crippen LogP contribution >= 0.6 is 15.9 Å². The average Bonchev–Trinajstić information content (AvgIpc) is 2.67. The average molecular weight is 490 g/mol. The molecule has 31 heavy (non-hydrogen) atoms. The first kappa shape index (κ1) is 24.4. The Morgan fingerprint density at radius 3 is 2.23 bits per heavy atom. The Morgan fingerprint density at radius 1 is 0.903 bits per heavy atom. The van der Waals surface area contributed by atoms with Crippen LogP contribution < -0.4 is 16.0 Å². The molecule has 0 aliphatic rings. The van der Waals surface area contributed by atoms with E-state index in [0.717, 1.165) is 15.6 Å². The predicted molar refractivity (Wildman–Crippen MR) is 124 cm³/mol. The third-order valence-corrected chi connectivity index (χ3v) is 4.87. The van der Waals surface area contributed by atoms with E-state index in [9.17, 15) is 14.4 Å². The highest BCUT2D eigenvalue weighted by Gasteiger charge is 2.16. The maximum atomic E-state index is 12.5. The van der Waals surface area contributed by atoms with E-state index in [1.54, 1.807) is 26.8 Å². The normalized spacial score (nSPS) is 10.8. The quantitative estimate of drug-likeness (QED) is 0.518. The second-order valence-electron chi connectivity index (χ2n) is 7.93. The van der Waals surface area contributed by atoms with Crippen molar-refractivity contribution < 1.29 is 19.1 Å². The van der Waals surface area contributed by atoms with Crippen molar-refractivity contribution in [2.24, 2.45) is 0 Å². The topological polar surface area (TPSA) is 96.5 Å². The van der Waals surface area contributed by atoms with E-state index in [0.29, 0.717) is 5.69 Å². The molecule has 166 valence electrons. The highest BCUT2D eigenvalue weighted by atomic mass is 79.9. The van der Waals surface area contributed by atoms with Crippen LogP contribution in [0.5, 0.6) is 0 Å². The van der Waals surface area contributed by atoms with Crippen LogP contribution in [0, 0.1) is 0 Å². The maximum Gasteiger partial charge on any atom is 0.407 e. The summed E-state index contributed by atoms with van der Waals surface area (Å²) in [7, 11) is 0. The van der Waals surface area contributed by atoms with Crippen molar-refractivity contribution in [1.82, 2.24) is 10.6 Å². The number of anilines is 1. The minimum atomic E-state index is -0.586. The fraction of sp³-hybridized carbons (Fsp3) is 0.348. The number of carbonyl (C=O) groups is 3. The minimum Gasteiger partial charge on any atom is -0.444 e. The lowest BCUT2D eigenvalue weighted by Crippen LogP contribution is -2.35. The maximum absolute atomic E-state index is 12.5. The van der Waals surface area contributed by atoms with E-state index >= 15 is 0 Å². The van der Waals surface area contributed by atoms with Crippen LogP contribution in [-0.2, 0) is 27.3 Å². The number of halogens is 1. The van der Waals surface area contributed by atoms with Crippen LogP contribution in [0.1, 0.15) is 38.3 Å². The van der Waals surface area contributed by atoms with Gasteiger partial charge in [0.2, 0.25) is 11.8 Å². The summed E-state index contributed by atoms with van der Waals surface area (Å²) in [5, 5.41) is 8.26. The first-order valence-corrected chi connectivity index (χ1v) is 10.8. The fourth-order valence-corrected chi connectivity index (χ4v) is 3.10. The number of rotatable bonds is 8. The molecule has 0 saturated heterocycles. The van der Waals surface area contributed by atoms with E-state index in [1.165, 1.54) is 0 Å². The smallest absolute Gasteiger partial charge is 0.407 e. The Hall–Kier alpha value is -2.87. The van der Waals surface area contributed by atoms with Gasteiger partial charge in [0.05, 0.1) is 6.42 Å². The lowest BCUT2D eigenvalue weighted by atomic mass is 10.1. The fourth-order valence-electron chi connectivity index (χ4n) is 2.68. The predicted octanol–water partition coefficient (Wildman–Crippen LogP) is 4.16. The monoisotopic (exact) mass is 489 g/mol. The number of hydrogen-bond donors (Lipinski definition) is 3. The Morgan fingerprint density at radius 2 is 1.55 bits per heavy atom. The van der Waals surface area contributed by atoms with Crippen molar-refractivity contribution in [3.05, 3.63) is 64.1 Å².